The van der Waals surface area contributed by atoms with Gasteiger partial charge in [0.25, 0.3) is 0 Å². The minimum Gasteiger partial charge on any atom is -0.480 e. The summed E-state index contributed by atoms with van der Waals surface area (Å²) in [5, 5.41) is 12.3. The number of urea groups is 1. The van der Waals surface area contributed by atoms with Crippen LogP contribution in [0, 0.1) is 5.92 Å². The molecule has 0 bridgehead atoms. The first-order chi connectivity index (χ1) is 9.41. The Bertz CT molecular complexity index is 379. The van der Waals surface area contributed by atoms with Gasteiger partial charge in [-0.3, -0.25) is 0 Å². The number of hydrogen-bond acceptors (Lipinski definition) is 3. The first-order valence-electron chi connectivity index (χ1n) is 7.31. The molecule has 0 radical (unpaired) electrons. The summed E-state index contributed by atoms with van der Waals surface area (Å²) in [5.74, 6) is -0.567. The molecular weight excluding hydrogens is 260 g/mol. The average molecular weight is 284 g/mol. The predicted octanol–water partition coefficient (Wildman–Crippen LogP) is 1.45. The molecule has 2 N–H and O–H groups in total. The molecule has 20 heavy (non-hydrogen) atoms. The molecule has 6 nitrogen and oxygen atoms in total. The standard InChI is InChI=1S/C14H24N2O4/c1-10-3-6-16(11(9-10)12(17)18)13(19)15-14(2)4-7-20-8-5-14/h10-11H,3-9H2,1-2H3,(H,15,19)(H,17,18). The molecule has 2 aliphatic heterocycles. The highest BCUT2D eigenvalue weighted by atomic mass is 16.5. The van der Waals surface area contributed by atoms with Crippen LogP contribution in [-0.2, 0) is 9.53 Å². The van der Waals surface area contributed by atoms with Crippen molar-refractivity contribution in [3.63, 3.8) is 0 Å². The Hall–Kier alpha value is -1.30. The molecule has 2 unspecified atom stereocenters. The molecule has 0 saturated carbocycles. The maximum atomic E-state index is 12.4. The van der Waals surface area contributed by atoms with Crippen molar-refractivity contribution in [3.8, 4) is 0 Å². The highest BCUT2D eigenvalue weighted by molar-refractivity contribution is 5.83. The van der Waals surface area contributed by atoms with Gasteiger partial charge in [-0.05, 0) is 38.5 Å². The van der Waals surface area contributed by atoms with Crippen LogP contribution in [0.15, 0.2) is 0 Å². The van der Waals surface area contributed by atoms with Crippen LogP contribution >= 0.6 is 0 Å². The van der Waals surface area contributed by atoms with Crippen molar-refractivity contribution < 1.29 is 19.4 Å². The predicted molar refractivity (Wildman–Crippen MR) is 73.5 cm³/mol. The third kappa shape index (κ3) is 3.42. The van der Waals surface area contributed by atoms with Crippen LogP contribution in [0.1, 0.15) is 39.5 Å². The van der Waals surface area contributed by atoms with E-state index < -0.39 is 12.0 Å². The number of carbonyl (C=O) groups excluding carboxylic acids is 1. The van der Waals surface area contributed by atoms with Gasteiger partial charge in [0.15, 0.2) is 0 Å². The minimum absolute atomic E-state index is 0.256. The molecular formula is C14H24N2O4. The van der Waals surface area contributed by atoms with Gasteiger partial charge in [-0.2, -0.15) is 0 Å². The molecule has 6 heteroatoms. The van der Waals surface area contributed by atoms with Gasteiger partial charge in [0.05, 0.1) is 0 Å². The van der Waals surface area contributed by atoms with Crippen molar-refractivity contribution in [3.05, 3.63) is 0 Å². The van der Waals surface area contributed by atoms with Gasteiger partial charge in [0, 0.05) is 25.3 Å². The zero-order chi connectivity index (χ0) is 14.8. The van der Waals surface area contributed by atoms with E-state index in [1.54, 1.807) is 0 Å². The molecule has 2 heterocycles. The molecule has 2 fully saturated rings. The second-order valence-corrected chi connectivity index (χ2v) is 6.28. The summed E-state index contributed by atoms with van der Waals surface area (Å²) in [5.41, 5.74) is -0.290. The van der Waals surface area contributed by atoms with E-state index in [0.29, 0.717) is 32.1 Å². The van der Waals surface area contributed by atoms with E-state index in [9.17, 15) is 14.7 Å². The molecule has 0 aromatic carbocycles. The van der Waals surface area contributed by atoms with E-state index >= 15 is 0 Å². The molecule has 0 aliphatic carbocycles. The van der Waals surface area contributed by atoms with Crippen molar-refractivity contribution in [2.24, 2.45) is 5.92 Å². The van der Waals surface area contributed by atoms with E-state index in [1.807, 2.05) is 13.8 Å². The molecule has 2 atom stereocenters. The number of nitrogens with one attached hydrogen (secondary N) is 1. The number of amides is 2. The normalized spacial score (nSPS) is 29.8. The Morgan fingerprint density at radius 2 is 2.00 bits per heavy atom. The summed E-state index contributed by atoms with van der Waals surface area (Å²) < 4.78 is 5.31. The number of carbonyl (C=O) groups is 2. The van der Waals surface area contributed by atoms with Gasteiger partial charge in [0.1, 0.15) is 6.04 Å². The highest BCUT2D eigenvalue weighted by Gasteiger charge is 2.37. The molecule has 114 valence electrons. The van der Waals surface area contributed by atoms with Crippen molar-refractivity contribution in [2.45, 2.75) is 51.1 Å². The van der Waals surface area contributed by atoms with Crippen LogP contribution in [0.5, 0.6) is 0 Å². The Labute approximate surface area is 119 Å². The molecule has 2 saturated heterocycles. The van der Waals surface area contributed by atoms with E-state index in [2.05, 4.69) is 5.32 Å². The molecule has 0 aromatic heterocycles. The molecule has 2 amide bonds. The Morgan fingerprint density at radius 1 is 1.35 bits per heavy atom. The maximum Gasteiger partial charge on any atom is 0.326 e. The van der Waals surface area contributed by atoms with Gasteiger partial charge in [-0.25, -0.2) is 9.59 Å². The number of nitrogens with zero attached hydrogens (tertiary/aromatic N) is 1. The largest absolute Gasteiger partial charge is 0.480 e. The lowest BCUT2D eigenvalue weighted by atomic mass is 9.91. The van der Waals surface area contributed by atoms with Crippen LogP contribution in [-0.4, -0.2) is 53.3 Å². The second kappa shape index (κ2) is 5.99. The fourth-order valence-electron chi connectivity index (χ4n) is 2.90. The van der Waals surface area contributed by atoms with Crippen LogP contribution in [0.2, 0.25) is 0 Å². The number of rotatable bonds is 2. The Balaban J connectivity index is 2.01. The van der Waals surface area contributed by atoms with Gasteiger partial charge in [-0.1, -0.05) is 6.92 Å². The maximum absolute atomic E-state index is 12.4. The molecule has 2 rings (SSSR count). The SMILES string of the molecule is CC1CCN(C(=O)NC2(C)CCOCC2)C(C(=O)O)C1. The van der Waals surface area contributed by atoms with E-state index in [4.69, 9.17) is 4.74 Å². The van der Waals surface area contributed by atoms with Gasteiger partial charge >= 0.3 is 12.0 Å². The lowest BCUT2D eigenvalue weighted by Crippen LogP contribution is -2.59. The van der Waals surface area contributed by atoms with E-state index in [-0.39, 0.29) is 11.6 Å². The topological polar surface area (TPSA) is 78.9 Å². The zero-order valence-corrected chi connectivity index (χ0v) is 12.2. The van der Waals surface area contributed by atoms with Crippen molar-refractivity contribution >= 4 is 12.0 Å². The number of ether oxygens (including phenoxy) is 1. The summed E-state index contributed by atoms with van der Waals surface area (Å²) >= 11 is 0. The number of piperidine rings is 1. The number of carboxylic acid groups (broad SMARTS) is 1. The summed E-state index contributed by atoms with van der Waals surface area (Å²) in [4.78, 5) is 25.2. The summed E-state index contributed by atoms with van der Waals surface area (Å²) in [6.07, 6.45) is 2.92. The Kier molecular flexibility index (Phi) is 4.52. The zero-order valence-electron chi connectivity index (χ0n) is 12.2. The monoisotopic (exact) mass is 284 g/mol. The van der Waals surface area contributed by atoms with E-state index in [0.717, 1.165) is 19.3 Å². The fourth-order valence-corrected chi connectivity index (χ4v) is 2.90. The summed E-state index contributed by atoms with van der Waals surface area (Å²) in [7, 11) is 0. The number of carboxylic acids is 1. The minimum atomic E-state index is -0.913. The number of likely N-dealkylation sites (tertiary alicyclic amines) is 1. The van der Waals surface area contributed by atoms with Crippen LogP contribution in [0.25, 0.3) is 0 Å². The van der Waals surface area contributed by atoms with Crippen LogP contribution in [0.3, 0.4) is 0 Å². The first kappa shape index (κ1) is 15.1. The lowest BCUT2D eigenvalue weighted by molar-refractivity contribution is -0.144. The van der Waals surface area contributed by atoms with E-state index in [1.165, 1.54) is 4.90 Å². The van der Waals surface area contributed by atoms with Gasteiger partial charge < -0.3 is 20.1 Å². The first-order valence-corrected chi connectivity index (χ1v) is 7.31. The van der Waals surface area contributed by atoms with Gasteiger partial charge in [-0.15, -0.1) is 0 Å². The van der Waals surface area contributed by atoms with Crippen LogP contribution in [0.4, 0.5) is 4.79 Å². The van der Waals surface area contributed by atoms with Crippen molar-refractivity contribution in [2.75, 3.05) is 19.8 Å². The lowest BCUT2D eigenvalue weighted by Gasteiger charge is -2.40. The van der Waals surface area contributed by atoms with Crippen molar-refractivity contribution in [1.29, 1.82) is 0 Å². The summed E-state index contributed by atoms with van der Waals surface area (Å²) in [6, 6.07) is -0.962. The highest BCUT2D eigenvalue weighted by Crippen LogP contribution is 2.25. The Morgan fingerprint density at radius 3 is 2.60 bits per heavy atom. The smallest absolute Gasteiger partial charge is 0.326 e. The van der Waals surface area contributed by atoms with Gasteiger partial charge in [0.2, 0.25) is 0 Å². The molecule has 0 spiro atoms. The third-order valence-corrected chi connectivity index (χ3v) is 4.42. The molecule has 2 aliphatic rings. The fraction of sp³-hybridized carbons (Fsp3) is 0.857. The number of aliphatic carboxylic acids is 1. The van der Waals surface area contributed by atoms with Crippen LogP contribution < -0.4 is 5.32 Å². The second-order valence-electron chi connectivity index (χ2n) is 6.28. The van der Waals surface area contributed by atoms with Crippen molar-refractivity contribution in [1.82, 2.24) is 10.2 Å². The average Bonchev–Trinajstić information content (AvgIpc) is 2.38. The third-order valence-electron chi connectivity index (χ3n) is 4.42. The number of hydrogen-bond donors (Lipinski definition) is 2. The molecule has 0 aromatic rings. The quantitative estimate of drug-likeness (QED) is 0.804. The summed E-state index contributed by atoms with van der Waals surface area (Å²) in [6.45, 7) is 5.81.